The minimum Gasteiger partial charge on any atom is -0.258 e. The van der Waals surface area contributed by atoms with E-state index in [4.69, 9.17) is 11.6 Å². The lowest BCUT2D eigenvalue weighted by Gasteiger charge is -1.99. The summed E-state index contributed by atoms with van der Waals surface area (Å²) in [6.07, 6.45) is 1.52. The maximum atomic E-state index is 12.0. The van der Waals surface area contributed by atoms with E-state index in [-0.39, 0.29) is 5.69 Å². The summed E-state index contributed by atoms with van der Waals surface area (Å²) in [5.41, 5.74) is 1.33. The van der Waals surface area contributed by atoms with Gasteiger partial charge >= 0.3 is 0 Å². The molecule has 0 saturated carbocycles. The van der Waals surface area contributed by atoms with Gasteiger partial charge in [0.15, 0.2) is 0 Å². The third kappa shape index (κ3) is 4.51. The monoisotopic (exact) mass is 321 g/mol. The van der Waals surface area contributed by atoms with Gasteiger partial charge in [-0.15, -0.1) is 0 Å². The fraction of sp³-hybridized carbons (Fsp3) is 0.0667. The lowest BCUT2D eigenvalue weighted by Crippen LogP contribution is -1.93. The number of nitro benzene ring substituents is 1. The summed E-state index contributed by atoms with van der Waals surface area (Å²) >= 11 is 5.78. The number of hydrogen-bond donors (Lipinski definition) is 0. The van der Waals surface area contributed by atoms with Crippen LogP contribution in [0, 0.1) is 10.1 Å². The van der Waals surface area contributed by atoms with Gasteiger partial charge in [-0.2, -0.15) is 0 Å². The third-order valence-corrected chi connectivity index (χ3v) is 4.06. The topological polar surface area (TPSA) is 60.2 Å². The molecule has 0 heterocycles. The minimum atomic E-state index is -1.25. The first-order valence-corrected chi connectivity index (χ1v) is 7.85. The molecule has 0 aliphatic rings. The molecule has 0 spiro atoms. The smallest absolute Gasteiger partial charge is 0.258 e. The van der Waals surface area contributed by atoms with E-state index in [0.717, 1.165) is 5.56 Å². The molecule has 2 aromatic carbocycles. The molecule has 1 atom stereocenters. The van der Waals surface area contributed by atoms with Gasteiger partial charge < -0.3 is 0 Å². The van der Waals surface area contributed by atoms with Gasteiger partial charge in [0.1, 0.15) is 0 Å². The van der Waals surface area contributed by atoms with Crippen molar-refractivity contribution in [2.45, 2.75) is 5.75 Å². The summed E-state index contributed by atoms with van der Waals surface area (Å²) < 4.78 is 12.0. The number of rotatable bonds is 5. The van der Waals surface area contributed by atoms with Gasteiger partial charge in [-0.25, -0.2) is 0 Å². The van der Waals surface area contributed by atoms with Crippen LogP contribution >= 0.6 is 11.6 Å². The highest BCUT2D eigenvalue weighted by molar-refractivity contribution is 7.87. The predicted octanol–water partition coefficient (Wildman–Crippen LogP) is 4.17. The SMILES string of the molecule is O=[N+]([O-])c1ccccc1/C=C/S(=O)Cc1ccc(Cl)cc1. The molecule has 4 nitrogen and oxygen atoms in total. The van der Waals surface area contributed by atoms with Crippen molar-refractivity contribution in [3.05, 3.63) is 80.2 Å². The molecule has 0 N–H and O–H groups in total. The summed E-state index contributed by atoms with van der Waals surface area (Å²) in [5, 5.41) is 13.0. The van der Waals surface area contributed by atoms with Crippen LogP contribution in [-0.4, -0.2) is 9.13 Å². The molecule has 0 bridgehead atoms. The number of halogens is 1. The van der Waals surface area contributed by atoms with Crippen LogP contribution in [0.5, 0.6) is 0 Å². The van der Waals surface area contributed by atoms with Gasteiger partial charge in [-0.1, -0.05) is 35.9 Å². The van der Waals surface area contributed by atoms with E-state index in [2.05, 4.69) is 0 Å². The van der Waals surface area contributed by atoms with Crippen LogP contribution in [0.2, 0.25) is 5.02 Å². The Hall–Kier alpha value is -1.98. The normalized spacial score (nSPS) is 12.4. The van der Waals surface area contributed by atoms with E-state index in [0.29, 0.717) is 16.3 Å². The van der Waals surface area contributed by atoms with Crippen molar-refractivity contribution in [3.63, 3.8) is 0 Å². The molecule has 108 valence electrons. The van der Waals surface area contributed by atoms with E-state index >= 15 is 0 Å². The molecular weight excluding hydrogens is 310 g/mol. The fourth-order valence-electron chi connectivity index (χ4n) is 1.74. The summed E-state index contributed by atoms with van der Waals surface area (Å²) in [6.45, 7) is 0. The molecule has 2 rings (SSSR count). The Kier molecular flexibility index (Phi) is 5.25. The van der Waals surface area contributed by atoms with E-state index in [1.807, 2.05) is 0 Å². The fourth-order valence-corrected chi connectivity index (χ4v) is 2.78. The third-order valence-electron chi connectivity index (χ3n) is 2.76. The second kappa shape index (κ2) is 7.15. The van der Waals surface area contributed by atoms with Crippen LogP contribution in [0.1, 0.15) is 11.1 Å². The van der Waals surface area contributed by atoms with E-state index < -0.39 is 15.7 Å². The number of nitrogens with zero attached hydrogens (tertiary/aromatic N) is 1. The highest BCUT2D eigenvalue weighted by Gasteiger charge is 2.09. The van der Waals surface area contributed by atoms with Gasteiger partial charge in [-0.05, 0) is 29.8 Å². The van der Waals surface area contributed by atoms with E-state index in [9.17, 15) is 14.3 Å². The predicted molar refractivity (Wildman–Crippen MR) is 85.4 cm³/mol. The van der Waals surface area contributed by atoms with Crippen LogP contribution in [0.25, 0.3) is 6.08 Å². The molecule has 0 saturated heterocycles. The first-order chi connectivity index (χ1) is 10.1. The second-order valence-electron chi connectivity index (χ2n) is 4.27. The molecule has 6 heteroatoms. The molecular formula is C15H12ClNO3S. The molecule has 0 aliphatic heterocycles. The van der Waals surface area contributed by atoms with Crippen molar-refractivity contribution in [2.24, 2.45) is 0 Å². The Balaban J connectivity index is 2.09. The summed E-state index contributed by atoms with van der Waals surface area (Å²) in [4.78, 5) is 10.4. The quantitative estimate of drug-likeness (QED) is 0.613. The van der Waals surface area contributed by atoms with Crippen molar-refractivity contribution >= 4 is 34.2 Å². The Morgan fingerprint density at radius 1 is 1.14 bits per heavy atom. The molecule has 1 unspecified atom stereocenters. The molecule has 0 aromatic heterocycles. The second-order valence-corrected chi connectivity index (χ2v) is 6.03. The zero-order valence-corrected chi connectivity index (χ0v) is 12.5. The van der Waals surface area contributed by atoms with Crippen molar-refractivity contribution in [1.29, 1.82) is 0 Å². The highest BCUT2D eigenvalue weighted by Crippen LogP contribution is 2.19. The first-order valence-electron chi connectivity index (χ1n) is 6.09. The largest absolute Gasteiger partial charge is 0.276 e. The summed E-state index contributed by atoms with van der Waals surface area (Å²) in [6, 6.07) is 13.4. The van der Waals surface area contributed by atoms with Gasteiger partial charge in [0.05, 0.1) is 27.0 Å². The van der Waals surface area contributed by atoms with Crippen LogP contribution in [-0.2, 0) is 16.6 Å². The van der Waals surface area contributed by atoms with Crippen molar-refractivity contribution < 1.29 is 9.13 Å². The average Bonchev–Trinajstić information content (AvgIpc) is 2.48. The minimum absolute atomic E-state index is 0.00255. The summed E-state index contributed by atoms with van der Waals surface area (Å²) in [7, 11) is -1.25. The molecule has 0 fully saturated rings. The molecule has 0 radical (unpaired) electrons. The first kappa shape index (κ1) is 15.4. The van der Waals surface area contributed by atoms with Crippen molar-refractivity contribution in [1.82, 2.24) is 0 Å². The van der Waals surface area contributed by atoms with Crippen LogP contribution < -0.4 is 0 Å². The van der Waals surface area contributed by atoms with Crippen molar-refractivity contribution in [2.75, 3.05) is 0 Å². The van der Waals surface area contributed by atoms with Crippen LogP contribution in [0.3, 0.4) is 0 Å². The number of nitro groups is 1. The average molecular weight is 322 g/mol. The zero-order valence-electron chi connectivity index (χ0n) is 10.9. The number of benzene rings is 2. The van der Waals surface area contributed by atoms with Crippen LogP contribution in [0.4, 0.5) is 5.69 Å². The zero-order chi connectivity index (χ0) is 15.2. The highest BCUT2D eigenvalue weighted by atomic mass is 35.5. The lowest BCUT2D eigenvalue weighted by atomic mass is 10.2. The lowest BCUT2D eigenvalue weighted by molar-refractivity contribution is -0.385. The maximum absolute atomic E-state index is 12.0. The van der Waals surface area contributed by atoms with Gasteiger partial charge in [0, 0.05) is 16.5 Å². The van der Waals surface area contributed by atoms with Gasteiger partial charge in [0.25, 0.3) is 5.69 Å². The van der Waals surface area contributed by atoms with E-state index in [1.165, 1.54) is 17.6 Å². The molecule has 0 aliphatic carbocycles. The summed E-state index contributed by atoms with van der Waals surface area (Å²) in [5.74, 6) is 0.342. The number of hydrogen-bond acceptors (Lipinski definition) is 3. The standard InChI is InChI=1S/C15H12ClNO3S/c16-14-7-5-12(6-8-14)11-21(20)10-9-13-3-1-2-4-15(13)17(18)19/h1-10H,11H2/b10-9+. The van der Waals surface area contributed by atoms with E-state index in [1.54, 1.807) is 42.5 Å². The van der Waals surface area contributed by atoms with Gasteiger partial charge in [-0.3, -0.25) is 14.3 Å². The van der Waals surface area contributed by atoms with Gasteiger partial charge in [0.2, 0.25) is 0 Å². The Morgan fingerprint density at radius 3 is 2.48 bits per heavy atom. The Labute approximate surface area is 129 Å². The Bertz CT molecular complexity index is 698. The molecule has 2 aromatic rings. The maximum Gasteiger partial charge on any atom is 0.276 e. The van der Waals surface area contributed by atoms with Crippen molar-refractivity contribution in [3.8, 4) is 0 Å². The molecule has 21 heavy (non-hydrogen) atoms. The Morgan fingerprint density at radius 2 is 1.81 bits per heavy atom. The van der Waals surface area contributed by atoms with Crippen LogP contribution in [0.15, 0.2) is 53.9 Å². The number of para-hydroxylation sites is 1. The molecule has 0 amide bonds.